The van der Waals surface area contributed by atoms with Gasteiger partial charge in [0.25, 0.3) is 10.1 Å². The average molecular weight is 664 g/mol. The molecule has 0 fully saturated rings. The van der Waals surface area contributed by atoms with Crippen molar-refractivity contribution in [1.29, 1.82) is 0 Å². The average Bonchev–Trinajstić information content (AvgIpc) is 3.10. The number of ketones is 1. The van der Waals surface area contributed by atoms with Crippen molar-refractivity contribution in [2.75, 3.05) is 25.3 Å². The lowest BCUT2D eigenvalue weighted by Gasteiger charge is -2.19. The number of ether oxygens (including phenoxy) is 2. The lowest BCUT2D eigenvalue weighted by molar-refractivity contribution is -0.117. The zero-order valence-electron chi connectivity index (χ0n) is 26.8. The van der Waals surface area contributed by atoms with Gasteiger partial charge >= 0.3 is 0 Å². The maximum atomic E-state index is 13.9. The Bertz CT molecular complexity index is 1970. The van der Waals surface area contributed by atoms with Gasteiger partial charge in [-0.3, -0.25) is 14.1 Å². The highest BCUT2D eigenvalue weighted by molar-refractivity contribution is 7.85. The van der Waals surface area contributed by atoms with Crippen LogP contribution in [-0.2, 0) is 21.3 Å². The van der Waals surface area contributed by atoms with Gasteiger partial charge in [-0.1, -0.05) is 97.1 Å². The van der Waals surface area contributed by atoms with E-state index in [2.05, 4.69) is 5.32 Å². The number of rotatable bonds is 14. The van der Waals surface area contributed by atoms with Crippen LogP contribution in [0.2, 0.25) is 0 Å². The van der Waals surface area contributed by atoms with E-state index in [-0.39, 0.29) is 24.5 Å². The molecule has 0 bridgehead atoms. The number of nitrogens with one attached hydrogen (secondary N) is 1. The van der Waals surface area contributed by atoms with Gasteiger partial charge in [0.1, 0.15) is 11.5 Å². The van der Waals surface area contributed by atoms with Crippen LogP contribution in [-0.4, -0.2) is 44.6 Å². The predicted molar refractivity (Wildman–Crippen MR) is 188 cm³/mol. The van der Waals surface area contributed by atoms with Crippen molar-refractivity contribution in [2.45, 2.75) is 25.2 Å². The van der Waals surface area contributed by atoms with Gasteiger partial charge in [-0.25, -0.2) is 0 Å². The SMILES string of the molecule is COc1ccccc1-c1ccc(NC(=O)C(Cc2ccc(C(=O)CCCS(=O)(=O)O)cc2)c2ccc(-c3ccccc3OC)cc2)cc1. The molecule has 0 aliphatic carbocycles. The molecule has 0 saturated heterocycles. The van der Waals surface area contributed by atoms with E-state index in [1.807, 2.05) is 109 Å². The molecule has 5 aromatic carbocycles. The van der Waals surface area contributed by atoms with Crippen molar-refractivity contribution < 1.29 is 32.0 Å². The minimum atomic E-state index is -4.12. The second-order valence-electron chi connectivity index (χ2n) is 11.4. The minimum Gasteiger partial charge on any atom is -0.496 e. The highest BCUT2D eigenvalue weighted by Gasteiger charge is 2.22. The molecule has 246 valence electrons. The third-order valence-corrected chi connectivity index (χ3v) is 8.94. The van der Waals surface area contributed by atoms with Crippen LogP contribution < -0.4 is 14.8 Å². The molecule has 0 aliphatic rings. The van der Waals surface area contributed by atoms with Crippen molar-refractivity contribution >= 4 is 27.5 Å². The molecule has 0 spiro atoms. The predicted octanol–water partition coefficient (Wildman–Crippen LogP) is 7.85. The van der Waals surface area contributed by atoms with Gasteiger partial charge in [0.05, 0.1) is 25.9 Å². The van der Waals surface area contributed by atoms with E-state index in [4.69, 9.17) is 14.0 Å². The summed E-state index contributed by atoms with van der Waals surface area (Å²) in [4.78, 5) is 26.5. The van der Waals surface area contributed by atoms with E-state index in [0.717, 1.165) is 44.9 Å². The standard InChI is InChI=1S/C39H37NO7S/c1-46-37-11-5-3-8-33(37)28-17-19-30(20-18-28)35(26-27-13-15-31(16-14-27)36(41)10-7-25-48(43,44)45)39(42)40-32-23-21-29(22-24-32)34-9-4-6-12-38(34)47-2/h3-6,8-9,11-24,35H,7,10,25-26H2,1-2H3,(H,40,42)(H,43,44,45). The Morgan fingerprint density at radius 2 is 1.23 bits per heavy atom. The van der Waals surface area contributed by atoms with Crippen molar-refractivity contribution in [2.24, 2.45) is 0 Å². The second-order valence-corrected chi connectivity index (χ2v) is 12.9. The third-order valence-electron chi connectivity index (χ3n) is 8.14. The summed E-state index contributed by atoms with van der Waals surface area (Å²) in [6, 6.07) is 37.9. The molecule has 5 aromatic rings. The number of Topliss-reactive ketones (excluding diaryl/α,β-unsaturated/α-hetero) is 1. The second kappa shape index (κ2) is 15.6. The largest absolute Gasteiger partial charge is 0.496 e. The van der Waals surface area contributed by atoms with E-state index < -0.39 is 21.8 Å². The van der Waals surface area contributed by atoms with Gasteiger partial charge in [-0.15, -0.1) is 0 Å². The highest BCUT2D eigenvalue weighted by atomic mass is 32.2. The molecule has 8 nitrogen and oxygen atoms in total. The fourth-order valence-electron chi connectivity index (χ4n) is 5.61. The van der Waals surface area contributed by atoms with Gasteiger partial charge in [0.2, 0.25) is 5.91 Å². The molecule has 0 heterocycles. The summed E-state index contributed by atoms with van der Waals surface area (Å²) >= 11 is 0. The molecule has 48 heavy (non-hydrogen) atoms. The number of hydrogen-bond acceptors (Lipinski definition) is 6. The van der Waals surface area contributed by atoms with Gasteiger partial charge < -0.3 is 14.8 Å². The number of carbonyl (C=O) groups is 2. The smallest absolute Gasteiger partial charge is 0.264 e. The number of anilines is 1. The summed E-state index contributed by atoms with van der Waals surface area (Å²) < 4.78 is 42.0. The van der Waals surface area contributed by atoms with E-state index in [1.165, 1.54) is 0 Å². The number of methoxy groups -OCH3 is 2. The number of para-hydroxylation sites is 2. The maximum Gasteiger partial charge on any atom is 0.264 e. The van der Waals surface area contributed by atoms with Crippen LogP contribution in [0.5, 0.6) is 11.5 Å². The van der Waals surface area contributed by atoms with Crippen LogP contribution in [0.4, 0.5) is 5.69 Å². The number of benzene rings is 5. The summed E-state index contributed by atoms with van der Waals surface area (Å²) in [5.74, 6) is 0.0907. The van der Waals surface area contributed by atoms with Crippen LogP contribution in [0.25, 0.3) is 22.3 Å². The zero-order valence-corrected chi connectivity index (χ0v) is 27.6. The van der Waals surface area contributed by atoms with Crippen LogP contribution in [0, 0.1) is 0 Å². The Hall–Kier alpha value is -5.25. The van der Waals surface area contributed by atoms with Crippen LogP contribution in [0.3, 0.4) is 0 Å². The van der Waals surface area contributed by atoms with Crippen molar-refractivity contribution in [3.05, 3.63) is 138 Å². The minimum absolute atomic E-state index is 0.00143. The fourth-order valence-corrected chi connectivity index (χ4v) is 6.12. The van der Waals surface area contributed by atoms with Crippen LogP contribution in [0.15, 0.2) is 121 Å². The summed E-state index contributed by atoms with van der Waals surface area (Å²) in [5.41, 5.74) is 6.57. The lowest BCUT2D eigenvalue weighted by Crippen LogP contribution is -2.23. The number of hydrogen-bond donors (Lipinski definition) is 2. The number of amides is 1. The van der Waals surface area contributed by atoms with E-state index >= 15 is 0 Å². The molecular weight excluding hydrogens is 626 g/mol. The zero-order chi connectivity index (χ0) is 34.1. The highest BCUT2D eigenvalue weighted by Crippen LogP contribution is 2.33. The quantitative estimate of drug-likeness (QED) is 0.0917. The topological polar surface area (TPSA) is 119 Å². The van der Waals surface area contributed by atoms with Crippen LogP contribution >= 0.6 is 0 Å². The molecule has 0 saturated carbocycles. The molecule has 1 amide bonds. The maximum absolute atomic E-state index is 13.9. The first kappa shape index (κ1) is 34.1. The lowest BCUT2D eigenvalue weighted by atomic mass is 9.89. The van der Waals surface area contributed by atoms with Crippen molar-refractivity contribution in [3.63, 3.8) is 0 Å². The van der Waals surface area contributed by atoms with Crippen molar-refractivity contribution in [3.8, 4) is 33.8 Å². The molecule has 2 N–H and O–H groups in total. The first-order valence-corrected chi connectivity index (χ1v) is 17.1. The van der Waals surface area contributed by atoms with E-state index in [9.17, 15) is 18.0 Å². The number of carbonyl (C=O) groups excluding carboxylic acids is 2. The summed E-state index contributed by atoms with van der Waals surface area (Å²) in [7, 11) is -0.853. The Morgan fingerprint density at radius 3 is 1.75 bits per heavy atom. The first-order valence-electron chi connectivity index (χ1n) is 15.5. The molecule has 0 aromatic heterocycles. The van der Waals surface area contributed by atoms with E-state index in [1.54, 1.807) is 26.4 Å². The first-order chi connectivity index (χ1) is 23.1. The van der Waals surface area contributed by atoms with Gasteiger partial charge in [0.15, 0.2) is 5.78 Å². The summed E-state index contributed by atoms with van der Waals surface area (Å²) in [6.07, 6.45) is 0.404. The fraction of sp³-hybridized carbons (Fsp3) is 0.179. The van der Waals surface area contributed by atoms with Gasteiger partial charge in [-0.05, 0) is 59.4 Å². The summed E-state index contributed by atoms with van der Waals surface area (Å²) in [6.45, 7) is 0. The molecule has 9 heteroatoms. The molecule has 1 atom stereocenters. The Morgan fingerprint density at radius 1 is 0.708 bits per heavy atom. The molecule has 5 rings (SSSR count). The molecule has 0 radical (unpaired) electrons. The normalized spacial score (nSPS) is 11.8. The van der Waals surface area contributed by atoms with Gasteiger partial charge in [0, 0.05) is 28.8 Å². The summed E-state index contributed by atoms with van der Waals surface area (Å²) in [5, 5.41) is 3.08. The Kier molecular flexibility index (Phi) is 11.1. The van der Waals surface area contributed by atoms with Gasteiger partial charge in [-0.2, -0.15) is 8.42 Å². The monoisotopic (exact) mass is 663 g/mol. The molecule has 1 unspecified atom stereocenters. The molecular formula is C39H37NO7S. The Labute approximate surface area is 281 Å². The van der Waals surface area contributed by atoms with Crippen molar-refractivity contribution in [1.82, 2.24) is 0 Å². The van der Waals surface area contributed by atoms with E-state index in [0.29, 0.717) is 17.7 Å². The third kappa shape index (κ3) is 8.76. The Balaban J connectivity index is 1.37. The van der Waals surface area contributed by atoms with Crippen LogP contribution in [0.1, 0.15) is 40.2 Å². The molecule has 0 aliphatic heterocycles.